The molecule has 5 nitrogen and oxygen atoms in total. The molecule has 2 rings (SSSR count). The lowest BCUT2D eigenvalue weighted by Crippen LogP contribution is -2.33. The highest BCUT2D eigenvalue weighted by Gasteiger charge is 2.25. The number of nitrogens with one attached hydrogen (secondary N) is 1. The molecule has 0 bridgehead atoms. The van der Waals surface area contributed by atoms with Crippen LogP contribution >= 0.6 is 11.8 Å². The Morgan fingerprint density at radius 1 is 1.24 bits per heavy atom. The third-order valence-corrected chi connectivity index (χ3v) is 4.82. The molecule has 0 radical (unpaired) electrons. The van der Waals surface area contributed by atoms with Crippen LogP contribution in [0.15, 0.2) is 29.4 Å². The van der Waals surface area contributed by atoms with Gasteiger partial charge in [0.05, 0.1) is 11.7 Å². The van der Waals surface area contributed by atoms with Crippen LogP contribution in [0.1, 0.15) is 25.7 Å². The predicted octanol–water partition coefficient (Wildman–Crippen LogP) is 2.18. The molecule has 1 saturated carbocycles. The van der Waals surface area contributed by atoms with Crippen molar-refractivity contribution in [1.29, 1.82) is 0 Å². The van der Waals surface area contributed by atoms with Crippen LogP contribution in [0.25, 0.3) is 0 Å². The molecule has 1 fully saturated rings. The van der Waals surface area contributed by atoms with E-state index in [1.54, 1.807) is 12.4 Å². The summed E-state index contributed by atoms with van der Waals surface area (Å²) in [6.45, 7) is 0.655. The third-order valence-electron chi connectivity index (χ3n) is 3.80. The summed E-state index contributed by atoms with van der Waals surface area (Å²) in [4.78, 5) is 27.6. The zero-order chi connectivity index (χ0) is 15.1. The van der Waals surface area contributed by atoms with Gasteiger partial charge in [0.15, 0.2) is 0 Å². The van der Waals surface area contributed by atoms with Gasteiger partial charge in [-0.15, -0.1) is 11.8 Å². The monoisotopic (exact) mass is 308 g/mol. The highest BCUT2D eigenvalue weighted by atomic mass is 32.2. The van der Waals surface area contributed by atoms with Gasteiger partial charge in [0, 0.05) is 23.8 Å². The number of carbonyl (C=O) groups excluding carboxylic acids is 1. The molecule has 1 heterocycles. The van der Waals surface area contributed by atoms with Gasteiger partial charge in [0.2, 0.25) is 5.91 Å². The average Bonchev–Trinajstić information content (AvgIpc) is 2.52. The first-order chi connectivity index (χ1) is 10.1. The Morgan fingerprint density at radius 2 is 1.90 bits per heavy atom. The van der Waals surface area contributed by atoms with Gasteiger partial charge >= 0.3 is 5.97 Å². The first-order valence-electron chi connectivity index (χ1n) is 7.17. The van der Waals surface area contributed by atoms with Gasteiger partial charge in [-0.3, -0.25) is 14.6 Å². The van der Waals surface area contributed by atoms with Crippen molar-refractivity contribution in [1.82, 2.24) is 10.3 Å². The Hall–Kier alpha value is -1.56. The van der Waals surface area contributed by atoms with Crippen molar-refractivity contribution in [2.75, 3.05) is 12.3 Å². The van der Waals surface area contributed by atoms with Crippen LogP contribution in [-0.4, -0.2) is 34.3 Å². The minimum absolute atomic E-state index is 0.0252. The normalized spacial score (nSPS) is 21.7. The number of hydrogen-bond acceptors (Lipinski definition) is 4. The standard InChI is InChI=1S/C15H20N2O3S/c18-14(10-21-13-5-7-16-8-6-13)17-9-11-1-3-12(4-2-11)15(19)20/h5-8,11-12H,1-4,9-10H2,(H,17,18)(H,19,20). The molecule has 0 aliphatic heterocycles. The summed E-state index contributed by atoms with van der Waals surface area (Å²) in [7, 11) is 0. The van der Waals surface area contributed by atoms with E-state index in [0.29, 0.717) is 18.2 Å². The molecule has 6 heteroatoms. The number of pyridine rings is 1. The number of carboxylic acids is 1. The number of thioether (sulfide) groups is 1. The number of aliphatic carboxylic acids is 1. The maximum Gasteiger partial charge on any atom is 0.306 e. The molecule has 0 aromatic carbocycles. The van der Waals surface area contributed by atoms with Gasteiger partial charge in [-0.2, -0.15) is 0 Å². The summed E-state index contributed by atoms with van der Waals surface area (Å²) in [6, 6.07) is 3.76. The zero-order valence-corrected chi connectivity index (χ0v) is 12.6. The second kappa shape index (κ2) is 8.02. The molecule has 0 saturated heterocycles. The van der Waals surface area contributed by atoms with Gasteiger partial charge < -0.3 is 10.4 Å². The smallest absolute Gasteiger partial charge is 0.306 e. The van der Waals surface area contributed by atoms with Crippen LogP contribution < -0.4 is 5.32 Å². The Balaban J connectivity index is 1.62. The molecular formula is C15H20N2O3S. The van der Waals surface area contributed by atoms with Crippen LogP contribution in [0, 0.1) is 11.8 Å². The summed E-state index contributed by atoms with van der Waals surface area (Å²) in [6.07, 6.45) is 6.63. The van der Waals surface area contributed by atoms with Gasteiger partial charge in [0.25, 0.3) is 0 Å². The highest BCUT2D eigenvalue weighted by molar-refractivity contribution is 8.00. The van der Waals surface area contributed by atoms with E-state index in [2.05, 4.69) is 10.3 Å². The van der Waals surface area contributed by atoms with Crippen molar-refractivity contribution in [2.24, 2.45) is 11.8 Å². The van der Waals surface area contributed by atoms with Crippen LogP contribution in [0.5, 0.6) is 0 Å². The lowest BCUT2D eigenvalue weighted by atomic mass is 9.82. The molecule has 0 unspecified atom stereocenters. The van der Waals surface area contributed by atoms with Gasteiger partial charge in [-0.25, -0.2) is 0 Å². The molecule has 1 aromatic rings. The zero-order valence-electron chi connectivity index (χ0n) is 11.8. The average molecular weight is 308 g/mol. The predicted molar refractivity (Wildman–Crippen MR) is 81.1 cm³/mol. The quantitative estimate of drug-likeness (QED) is 0.787. The van der Waals surface area contributed by atoms with Crippen LogP contribution in [0.3, 0.4) is 0 Å². The number of nitrogens with zero attached hydrogens (tertiary/aromatic N) is 1. The van der Waals surface area contributed by atoms with Crippen LogP contribution in [-0.2, 0) is 9.59 Å². The molecule has 114 valence electrons. The first-order valence-corrected chi connectivity index (χ1v) is 8.16. The molecular weight excluding hydrogens is 288 g/mol. The molecule has 21 heavy (non-hydrogen) atoms. The number of amides is 1. The number of aromatic nitrogens is 1. The number of carbonyl (C=O) groups is 2. The van der Waals surface area contributed by atoms with Crippen molar-refractivity contribution in [3.63, 3.8) is 0 Å². The number of carboxylic acid groups (broad SMARTS) is 1. The van der Waals surface area contributed by atoms with E-state index in [-0.39, 0.29) is 11.8 Å². The van der Waals surface area contributed by atoms with Gasteiger partial charge in [-0.1, -0.05) is 0 Å². The van der Waals surface area contributed by atoms with Gasteiger partial charge in [-0.05, 0) is 43.7 Å². The molecule has 2 N–H and O–H groups in total. The maximum atomic E-state index is 11.8. The second-order valence-electron chi connectivity index (χ2n) is 5.33. The SMILES string of the molecule is O=C(CSc1ccncc1)NCC1CCC(C(=O)O)CC1. The maximum absolute atomic E-state index is 11.8. The minimum Gasteiger partial charge on any atom is -0.481 e. The topological polar surface area (TPSA) is 79.3 Å². The van der Waals surface area contributed by atoms with E-state index in [1.165, 1.54) is 11.8 Å². The Labute approximate surface area is 128 Å². The van der Waals surface area contributed by atoms with E-state index in [0.717, 1.165) is 30.6 Å². The van der Waals surface area contributed by atoms with E-state index < -0.39 is 5.97 Å². The van der Waals surface area contributed by atoms with Crippen molar-refractivity contribution in [3.8, 4) is 0 Å². The summed E-state index contributed by atoms with van der Waals surface area (Å²) in [5, 5.41) is 11.9. The Kier molecular flexibility index (Phi) is 6.04. The third kappa shape index (κ3) is 5.38. The van der Waals surface area contributed by atoms with E-state index in [1.807, 2.05) is 12.1 Å². The Bertz CT molecular complexity index is 473. The highest BCUT2D eigenvalue weighted by Crippen LogP contribution is 2.28. The van der Waals surface area contributed by atoms with E-state index >= 15 is 0 Å². The Morgan fingerprint density at radius 3 is 2.52 bits per heavy atom. The van der Waals surface area contributed by atoms with Crippen molar-refractivity contribution >= 4 is 23.6 Å². The molecule has 1 aromatic heterocycles. The molecule has 0 spiro atoms. The molecule has 1 aliphatic rings. The fourth-order valence-electron chi connectivity index (χ4n) is 2.51. The first kappa shape index (κ1) is 15.8. The molecule has 0 atom stereocenters. The van der Waals surface area contributed by atoms with Crippen molar-refractivity contribution < 1.29 is 14.7 Å². The van der Waals surface area contributed by atoms with E-state index in [9.17, 15) is 9.59 Å². The lowest BCUT2D eigenvalue weighted by Gasteiger charge is -2.26. The minimum atomic E-state index is -0.689. The fourth-order valence-corrected chi connectivity index (χ4v) is 3.22. The fraction of sp³-hybridized carbons (Fsp3) is 0.533. The van der Waals surface area contributed by atoms with Crippen LogP contribution in [0.2, 0.25) is 0 Å². The second-order valence-corrected chi connectivity index (χ2v) is 6.38. The summed E-state index contributed by atoms with van der Waals surface area (Å²) in [5.74, 6) is -0.0489. The van der Waals surface area contributed by atoms with Gasteiger partial charge in [0.1, 0.15) is 0 Å². The number of hydrogen-bond donors (Lipinski definition) is 2. The summed E-state index contributed by atoms with van der Waals surface area (Å²) < 4.78 is 0. The molecule has 1 aliphatic carbocycles. The lowest BCUT2D eigenvalue weighted by molar-refractivity contribution is -0.143. The van der Waals surface area contributed by atoms with Crippen LogP contribution in [0.4, 0.5) is 0 Å². The van der Waals surface area contributed by atoms with Crippen molar-refractivity contribution in [2.45, 2.75) is 30.6 Å². The van der Waals surface area contributed by atoms with E-state index in [4.69, 9.17) is 5.11 Å². The molecule has 1 amide bonds. The largest absolute Gasteiger partial charge is 0.481 e. The summed E-state index contributed by atoms with van der Waals surface area (Å²) >= 11 is 1.49. The number of rotatable bonds is 6. The summed E-state index contributed by atoms with van der Waals surface area (Å²) in [5.41, 5.74) is 0. The van der Waals surface area contributed by atoms with Crippen molar-refractivity contribution in [3.05, 3.63) is 24.5 Å².